The molecule has 0 saturated carbocycles. The van der Waals surface area contributed by atoms with Crippen molar-refractivity contribution in [3.63, 3.8) is 0 Å². The summed E-state index contributed by atoms with van der Waals surface area (Å²) in [6.45, 7) is 0.0912. The van der Waals surface area contributed by atoms with E-state index in [2.05, 4.69) is 5.32 Å². The van der Waals surface area contributed by atoms with Crippen molar-refractivity contribution in [2.45, 2.75) is 19.1 Å². The predicted molar refractivity (Wildman–Crippen MR) is 94.3 cm³/mol. The van der Waals surface area contributed by atoms with Crippen LogP contribution in [0.1, 0.15) is 23.6 Å². The maximum atomic E-state index is 12.1. The summed E-state index contributed by atoms with van der Waals surface area (Å²) in [4.78, 5) is 23.3. The van der Waals surface area contributed by atoms with Crippen molar-refractivity contribution in [3.8, 4) is 11.5 Å². The molecule has 1 atom stereocenters. The summed E-state index contributed by atoms with van der Waals surface area (Å²) in [6.07, 6.45) is -1.02. The highest BCUT2D eigenvalue weighted by molar-refractivity contribution is 5.72. The number of methoxy groups -OCH3 is 2. The second-order valence-electron chi connectivity index (χ2n) is 5.50. The standard InChI is InChI=1S/C19H21NO6/c1-24-15-8-14(9-16(10-15)25-2)17(11-18(21)22)20-19(23)26-12-13-6-4-3-5-7-13/h3-10,17H,11-12H2,1-2H3,(H,20,23)(H,21,22). The molecule has 2 aromatic rings. The molecule has 2 rings (SSSR count). The molecule has 0 heterocycles. The van der Waals surface area contributed by atoms with Crippen LogP contribution in [-0.4, -0.2) is 31.4 Å². The Hall–Kier alpha value is -3.22. The third-order valence-corrected chi connectivity index (χ3v) is 3.66. The molecule has 2 aromatic carbocycles. The lowest BCUT2D eigenvalue weighted by Gasteiger charge is -2.19. The summed E-state index contributed by atoms with van der Waals surface area (Å²) in [5.41, 5.74) is 1.38. The van der Waals surface area contributed by atoms with Gasteiger partial charge in [-0.3, -0.25) is 4.79 Å². The van der Waals surface area contributed by atoms with Crippen molar-refractivity contribution >= 4 is 12.1 Å². The first-order valence-corrected chi connectivity index (χ1v) is 7.93. The smallest absolute Gasteiger partial charge is 0.407 e. The zero-order chi connectivity index (χ0) is 18.9. The SMILES string of the molecule is COc1cc(OC)cc(C(CC(=O)O)NC(=O)OCc2ccccc2)c1. The van der Waals surface area contributed by atoms with Gasteiger partial charge in [-0.05, 0) is 23.3 Å². The van der Waals surface area contributed by atoms with Crippen molar-refractivity contribution in [1.82, 2.24) is 5.32 Å². The molecule has 26 heavy (non-hydrogen) atoms. The molecule has 2 N–H and O–H groups in total. The van der Waals surface area contributed by atoms with Crippen molar-refractivity contribution < 1.29 is 28.9 Å². The normalized spacial score (nSPS) is 11.3. The molecule has 0 aliphatic carbocycles. The molecule has 0 aliphatic rings. The third-order valence-electron chi connectivity index (χ3n) is 3.66. The second kappa shape index (κ2) is 9.31. The minimum atomic E-state index is -1.06. The Morgan fingerprint density at radius 3 is 2.19 bits per heavy atom. The number of carboxylic acid groups (broad SMARTS) is 1. The molecule has 7 nitrogen and oxygen atoms in total. The van der Waals surface area contributed by atoms with Gasteiger partial charge in [0.2, 0.25) is 0 Å². The zero-order valence-corrected chi connectivity index (χ0v) is 14.6. The highest BCUT2D eigenvalue weighted by Gasteiger charge is 2.20. The third kappa shape index (κ3) is 5.70. The molecule has 0 saturated heterocycles. The summed E-state index contributed by atoms with van der Waals surface area (Å²) in [5.74, 6) is -0.0662. The highest BCUT2D eigenvalue weighted by atomic mass is 16.5. The van der Waals surface area contributed by atoms with Gasteiger partial charge in [0.1, 0.15) is 18.1 Å². The fourth-order valence-electron chi connectivity index (χ4n) is 2.36. The molecule has 1 amide bonds. The Labute approximate surface area is 151 Å². The molecule has 1 unspecified atom stereocenters. The monoisotopic (exact) mass is 359 g/mol. The number of carboxylic acids is 1. The summed E-state index contributed by atoms with van der Waals surface area (Å²) >= 11 is 0. The first kappa shape index (κ1) is 19.1. The van der Waals surface area contributed by atoms with Gasteiger partial charge in [-0.15, -0.1) is 0 Å². The number of alkyl carbamates (subject to hydrolysis) is 1. The van der Waals surface area contributed by atoms with Crippen LogP contribution in [-0.2, 0) is 16.1 Å². The van der Waals surface area contributed by atoms with Gasteiger partial charge in [-0.25, -0.2) is 4.79 Å². The van der Waals surface area contributed by atoms with Gasteiger partial charge in [-0.1, -0.05) is 30.3 Å². The predicted octanol–water partition coefficient (Wildman–Crippen LogP) is 3.15. The van der Waals surface area contributed by atoms with Crippen LogP contribution in [0.5, 0.6) is 11.5 Å². The lowest BCUT2D eigenvalue weighted by molar-refractivity contribution is -0.137. The molecular formula is C19H21NO6. The molecule has 0 spiro atoms. The van der Waals surface area contributed by atoms with E-state index in [0.29, 0.717) is 17.1 Å². The molecule has 138 valence electrons. The van der Waals surface area contributed by atoms with E-state index in [1.807, 2.05) is 30.3 Å². The lowest BCUT2D eigenvalue weighted by Crippen LogP contribution is -2.30. The second-order valence-corrected chi connectivity index (χ2v) is 5.50. The number of amides is 1. The number of nitrogens with one attached hydrogen (secondary N) is 1. The van der Waals surface area contributed by atoms with Gasteiger partial charge < -0.3 is 24.6 Å². The van der Waals surface area contributed by atoms with Crippen LogP contribution < -0.4 is 14.8 Å². The largest absolute Gasteiger partial charge is 0.497 e. The van der Waals surface area contributed by atoms with Crippen LogP contribution in [0, 0.1) is 0 Å². The van der Waals surface area contributed by atoms with Crippen LogP contribution in [0.25, 0.3) is 0 Å². The Morgan fingerprint density at radius 2 is 1.65 bits per heavy atom. The van der Waals surface area contributed by atoms with Crippen LogP contribution in [0.3, 0.4) is 0 Å². The molecule has 0 radical (unpaired) electrons. The number of carbonyl (C=O) groups excluding carboxylic acids is 1. The maximum Gasteiger partial charge on any atom is 0.407 e. The number of ether oxygens (including phenoxy) is 3. The van der Waals surface area contributed by atoms with E-state index in [4.69, 9.17) is 19.3 Å². The Balaban J connectivity index is 2.11. The molecule has 0 aliphatic heterocycles. The fraction of sp³-hybridized carbons (Fsp3) is 0.263. The van der Waals surface area contributed by atoms with Gasteiger partial charge in [0, 0.05) is 6.07 Å². The maximum absolute atomic E-state index is 12.1. The number of rotatable bonds is 8. The van der Waals surface area contributed by atoms with Crippen molar-refractivity contribution in [1.29, 1.82) is 0 Å². The van der Waals surface area contributed by atoms with E-state index < -0.39 is 18.1 Å². The summed E-state index contributed by atoms with van der Waals surface area (Å²) in [5, 5.41) is 11.7. The molecule has 7 heteroatoms. The first-order valence-electron chi connectivity index (χ1n) is 7.93. The summed E-state index contributed by atoms with van der Waals surface area (Å²) in [7, 11) is 2.98. The van der Waals surface area contributed by atoms with Crippen LogP contribution in [0.2, 0.25) is 0 Å². The Bertz CT molecular complexity index is 725. The van der Waals surface area contributed by atoms with Gasteiger partial charge in [-0.2, -0.15) is 0 Å². The molecular weight excluding hydrogens is 338 g/mol. The van der Waals surface area contributed by atoms with Gasteiger partial charge in [0.25, 0.3) is 0 Å². The van der Waals surface area contributed by atoms with Crippen molar-refractivity contribution in [2.24, 2.45) is 0 Å². The van der Waals surface area contributed by atoms with E-state index in [1.54, 1.807) is 18.2 Å². The summed E-state index contributed by atoms with van der Waals surface area (Å²) < 4.78 is 15.6. The van der Waals surface area contributed by atoms with Crippen LogP contribution in [0.4, 0.5) is 4.79 Å². The lowest BCUT2D eigenvalue weighted by atomic mass is 10.0. The molecule has 0 bridgehead atoms. The number of carbonyl (C=O) groups is 2. The van der Waals surface area contributed by atoms with E-state index in [9.17, 15) is 9.59 Å². The molecule has 0 aromatic heterocycles. The highest BCUT2D eigenvalue weighted by Crippen LogP contribution is 2.28. The first-order chi connectivity index (χ1) is 12.5. The number of benzene rings is 2. The number of hydrogen-bond acceptors (Lipinski definition) is 5. The van der Waals surface area contributed by atoms with Crippen LogP contribution in [0.15, 0.2) is 48.5 Å². The van der Waals surface area contributed by atoms with Gasteiger partial charge in [0.05, 0.1) is 26.7 Å². The van der Waals surface area contributed by atoms with Crippen molar-refractivity contribution in [3.05, 3.63) is 59.7 Å². The average Bonchev–Trinajstić information content (AvgIpc) is 2.65. The van der Waals surface area contributed by atoms with Crippen LogP contribution >= 0.6 is 0 Å². The van der Waals surface area contributed by atoms with E-state index >= 15 is 0 Å². The van der Waals surface area contributed by atoms with E-state index in [1.165, 1.54) is 14.2 Å². The van der Waals surface area contributed by atoms with Gasteiger partial charge in [0.15, 0.2) is 0 Å². The topological polar surface area (TPSA) is 94.1 Å². The average molecular weight is 359 g/mol. The quantitative estimate of drug-likeness (QED) is 0.752. The minimum absolute atomic E-state index is 0.0912. The zero-order valence-electron chi connectivity index (χ0n) is 14.6. The number of aliphatic carboxylic acids is 1. The summed E-state index contributed by atoms with van der Waals surface area (Å²) in [6, 6.07) is 13.4. The minimum Gasteiger partial charge on any atom is -0.497 e. The van der Waals surface area contributed by atoms with Gasteiger partial charge >= 0.3 is 12.1 Å². The molecule has 0 fully saturated rings. The van der Waals surface area contributed by atoms with E-state index in [-0.39, 0.29) is 13.0 Å². The van der Waals surface area contributed by atoms with E-state index in [0.717, 1.165) is 5.56 Å². The number of hydrogen-bond donors (Lipinski definition) is 2. The fourth-order valence-corrected chi connectivity index (χ4v) is 2.36. The van der Waals surface area contributed by atoms with Crippen molar-refractivity contribution in [2.75, 3.05) is 14.2 Å². The Kier molecular flexibility index (Phi) is 6.84. The Morgan fingerprint density at radius 1 is 1.04 bits per heavy atom.